The third-order valence-electron chi connectivity index (χ3n) is 6.06. The van der Waals surface area contributed by atoms with E-state index < -0.39 is 6.10 Å². The van der Waals surface area contributed by atoms with Gasteiger partial charge in [0.25, 0.3) is 5.91 Å². The van der Waals surface area contributed by atoms with Crippen LogP contribution in [0, 0.1) is 6.92 Å². The fourth-order valence-electron chi connectivity index (χ4n) is 4.45. The van der Waals surface area contributed by atoms with Crippen molar-refractivity contribution in [1.29, 1.82) is 0 Å². The lowest BCUT2D eigenvalue weighted by Crippen LogP contribution is -3.14. The number of benzene rings is 1. The smallest absolute Gasteiger partial charge is 0.339 e. The number of aryl methyl sites for hydroxylation is 2. The van der Waals surface area contributed by atoms with Crippen molar-refractivity contribution in [3.63, 3.8) is 0 Å². The molecule has 0 spiro atoms. The number of fused-ring (bicyclic) bond motifs is 3. The lowest BCUT2D eigenvalue weighted by molar-refractivity contribution is -0.908. The van der Waals surface area contributed by atoms with Gasteiger partial charge in [0.2, 0.25) is 0 Å². The van der Waals surface area contributed by atoms with E-state index in [-0.39, 0.29) is 11.5 Å². The van der Waals surface area contributed by atoms with E-state index in [1.165, 1.54) is 4.90 Å². The lowest BCUT2D eigenvalue weighted by Gasteiger charge is -2.23. The molecule has 2 heterocycles. The first-order valence-corrected chi connectivity index (χ1v) is 11.0. The van der Waals surface area contributed by atoms with Crippen LogP contribution in [0.1, 0.15) is 36.5 Å². The van der Waals surface area contributed by atoms with Crippen molar-refractivity contribution in [2.75, 3.05) is 39.4 Å². The third-order valence-corrected chi connectivity index (χ3v) is 6.06. The van der Waals surface area contributed by atoms with E-state index in [9.17, 15) is 9.59 Å². The normalized spacial score (nSPS) is 17.7. The first-order chi connectivity index (χ1) is 14.5. The molecule has 1 amide bonds. The summed E-state index contributed by atoms with van der Waals surface area (Å²) in [6, 6.07) is 3.79. The van der Waals surface area contributed by atoms with Crippen molar-refractivity contribution < 1.29 is 23.6 Å². The highest BCUT2D eigenvalue weighted by Crippen LogP contribution is 2.35. The van der Waals surface area contributed by atoms with Gasteiger partial charge in [-0.05, 0) is 56.4 Å². The molecule has 2 aliphatic rings. The summed E-state index contributed by atoms with van der Waals surface area (Å²) < 4.78 is 17.0. The number of amides is 1. The zero-order chi connectivity index (χ0) is 21.1. The van der Waals surface area contributed by atoms with Gasteiger partial charge in [0.15, 0.2) is 6.10 Å². The van der Waals surface area contributed by atoms with Crippen molar-refractivity contribution in [2.24, 2.45) is 0 Å². The Balaban J connectivity index is 1.41. The number of hydrogen-bond acceptors (Lipinski definition) is 5. The Bertz CT molecular complexity index is 978. The summed E-state index contributed by atoms with van der Waals surface area (Å²) in [5.74, 6) is 0.489. The average molecular weight is 416 g/mol. The number of ether oxygens (including phenoxy) is 2. The second kappa shape index (κ2) is 9.18. The summed E-state index contributed by atoms with van der Waals surface area (Å²) in [5, 5.41) is 3.82. The highest BCUT2D eigenvalue weighted by atomic mass is 16.5. The van der Waals surface area contributed by atoms with Gasteiger partial charge in [-0.15, -0.1) is 0 Å². The minimum absolute atomic E-state index is 0.129. The summed E-state index contributed by atoms with van der Waals surface area (Å²) >= 11 is 0. The highest BCUT2D eigenvalue weighted by Gasteiger charge is 2.24. The van der Waals surface area contributed by atoms with Gasteiger partial charge in [0, 0.05) is 18.5 Å². The van der Waals surface area contributed by atoms with Crippen LogP contribution in [0.25, 0.3) is 11.0 Å². The quantitative estimate of drug-likeness (QED) is 0.516. The van der Waals surface area contributed by atoms with Crippen LogP contribution < -0.4 is 20.6 Å². The van der Waals surface area contributed by atoms with E-state index in [0.717, 1.165) is 80.6 Å². The minimum atomic E-state index is -0.630. The van der Waals surface area contributed by atoms with Crippen molar-refractivity contribution in [3.8, 4) is 5.75 Å². The fraction of sp³-hybridized carbons (Fsp3) is 0.565. The second-order valence-corrected chi connectivity index (χ2v) is 8.35. The Morgan fingerprint density at radius 2 is 2.00 bits per heavy atom. The molecular formula is C23H31N2O5+. The molecular weight excluding hydrogens is 384 g/mol. The maximum Gasteiger partial charge on any atom is 0.339 e. The topological polar surface area (TPSA) is 82.2 Å². The van der Waals surface area contributed by atoms with E-state index >= 15 is 0 Å². The second-order valence-electron chi connectivity index (χ2n) is 8.35. The van der Waals surface area contributed by atoms with Gasteiger partial charge in [-0.25, -0.2) is 4.79 Å². The monoisotopic (exact) mass is 415 g/mol. The van der Waals surface area contributed by atoms with Crippen LogP contribution in [-0.4, -0.2) is 51.4 Å². The number of carbonyl (C=O) groups is 1. The molecule has 30 heavy (non-hydrogen) atoms. The molecule has 1 aliphatic heterocycles. The summed E-state index contributed by atoms with van der Waals surface area (Å²) in [5.41, 5.74) is 2.98. The van der Waals surface area contributed by atoms with Gasteiger partial charge in [-0.1, -0.05) is 0 Å². The van der Waals surface area contributed by atoms with Crippen LogP contribution in [0.2, 0.25) is 0 Å². The van der Waals surface area contributed by atoms with Gasteiger partial charge in [0.05, 0.1) is 25.1 Å². The van der Waals surface area contributed by atoms with Crippen molar-refractivity contribution in [1.82, 2.24) is 5.32 Å². The summed E-state index contributed by atoms with van der Waals surface area (Å²) in [4.78, 5) is 26.4. The minimum Gasteiger partial charge on any atom is -0.480 e. The molecule has 0 bridgehead atoms. The largest absolute Gasteiger partial charge is 0.480 e. The van der Waals surface area contributed by atoms with E-state index in [1.54, 1.807) is 6.92 Å². The Morgan fingerprint density at radius 3 is 2.80 bits per heavy atom. The van der Waals surface area contributed by atoms with Crippen LogP contribution in [0.5, 0.6) is 5.75 Å². The van der Waals surface area contributed by atoms with Gasteiger partial charge < -0.3 is 24.1 Å². The molecule has 1 aromatic heterocycles. The molecule has 2 aromatic rings. The molecule has 4 rings (SSSR count). The first kappa shape index (κ1) is 20.9. The van der Waals surface area contributed by atoms with Gasteiger partial charge in [0.1, 0.15) is 24.4 Å². The third kappa shape index (κ3) is 4.52. The van der Waals surface area contributed by atoms with Crippen LogP contribution in [0.4, 0.5) is 0 Å². The average Bonchev–Trinajstić information content (AvgIpc) is 3.22. The zero-order valence-electron chi connectivity index (χ0n) is 17.8. The molecule has 1 atom stereocenters. The number of hydrogen-bond donors (Lipinski definition) is 2. The van der Waals surface area contributed by atoms with Gasteiger partial charge >= 0.3 is 5.63 Å². The van der Waals surface area contributed by atoms with E-state index in [1.807, 2.05) is 19.1 Å². The van der Waals surface area contributed by atoms with Crippen molar-refractivity contribution >= 4 is 16.9 Å². The van der Waals surface area contributed by atoms with Crippen LogP contribution in [0.15, 0.2) is 21.3 Å². The Labute approximate surface area is 176 Å². The predicted molar refractivity (Wildman–Crippen MR) is 113 cm³/mol. The molecule has 0 saturated carbocycles. The molecule has 1 fully saturated rings. The summed E-state index contributed by atoms with van der Waals surface area (Å²) in [7, 11) is 0. The van der Waals surface area contributed by atoms with Crippen molar-refractivity contribution in [2.45, 2.75) is 45.6 Å². The Morgan fingerprint density at radius 1 is 1.23 bits per heavy atom. The number of carbonyl (C=O) groups excluding carboxylic acids is 1. The summed E-state index contributed by atoms with van der Waals surface area (Å²) in [6.07, 6.45) is 2.81. The number of rotatable bonds is 7. The van der Waals surface area contributed by atoms with E-state index in [0.29, 0.717) is 17.9 Å². The molecule has 1 aliphatic carbocycles. The first-order valence-electron chi connectivity index (χ1n) is 11.0. The number of quaternary nitrogens is 1. The molecule has 162 valence electrons. The molecule has 1 saturated heterocycles. The maximum absolute atomic E-state index is 12.6. The van der Waals surface area contributed by atoms with E-state index in [2.05, 4.69) is 5.32 Å². The molecule has 2 N–H and O–H groups in total. The zero-order valence-corrected chi connectivity index (χ0v) is 17.8. The molecule has 7 heteroatoms. The number of morpholine rings is 1. The SMILES string of the molecule is Cc1cc(O[C@@H](C)C(=O)NCCC[NH+]2CCOCC2)c2c3c(c(=O)oc2c1)CCC3. The molecule has 0 unspecified atom stereocenters. The van der Waals surface area contributed by atoms with E-state index in [4.69, 9.17) is 13.9 Å². The highest BCUT2D eigenvalue weighted by molar-refractivity contribution is 5.89. The van der Waals surface area contributed by atoms with Crippen LogP contribution in [0.3, 0.4) is 0 Å². The summed E-state index contributed by atoms with van der Waals surface area (Å²) in [6.45, 7) is 9.07. The van der Waals surface area contributed by atoms with Gasteiger partial charge in [-0.3, -0.25) is 4.79 Å². The predicted octanol–water partition coefficient (Wildman–Crippen LogP) is 0.779. The van der Waals surface area contributed by atoms with Crippen LogP contribution >= 0.6 is 0 Å². The Kier molecular flexibility index (Phi) is 6.39. The van der Waals surface area contributed by atoms with Gasteiger partial charge in [-0.2, -0.15) is 0 Å². The molecule has 0 radical (unpaired) electrons. The van der Waals surface area contributed by atoms with Crippen molar-refractivity contribution in [3.05, 3.63) is 39.2 Å². The maximum atomic E-state index is 12.6. The Hall–Kier alpha value is -2.38. The fourth-order valence-corrected chi connectivity index (χ4v) is 4.45. The van der Waals surface area contributed by atoms with Crippen LogP contribution in [-0.2, 0) is 22.4 Å². The molecule has 1 aromatic carbocycles. The standard InChI is InChI=1S/C23H30N2O5/c1-15-13-19(21-17-5-3-6-18(17)23(27)30-20(21)14-15)29-16(2)22(26)24-7-4-8-25-9-11-28-12-10-25/h13-14,16H,3-12H2,1-2H3,(H,24,26)/p+1/t16-/m0/s1. The molecule has 7 nitrogen and oxygen atoms in total. The lowest BCUT2D eigenvalue weighted by atomic mass is 10.0. The number of nitrogens with one attached hydrogen (secondary N) is 2.